The molecule has 0 spiro atoms. The van der Waals surface area contributed by atoms with Crippen molar-refractivity contribution in [2.75, 3.05) is 50.6 Å². The lowest BCUT2D eigenvalue weighted by Crippen LogP contribution is -2.44. The molecule has 1 aromatic carbocycles. The third kappa shape index (κ3) is 5.64. The van der Waals surface area contributed by atoms with Crippen LogP contribution in [0.4, 0.5) is 28.9 Å². The molecule has 1 N–H and O–H groups in total. The van der Waals surface area contributed by atoms with E-state index in [0.29, 0.717) is 32.2 Å². The number of piperazine rings is 1. The number of amides is 1. The largest absolute Gasteiger partial charge is 0.464 e. The third-order valence-corrected chi connectivity index (χ3v) is 5.92. The van der Waals surface area contributed by atoms with Crippen LogP contribution in [0.15, 0.2) is 30.6 Å². The topological polar surface area (TPSA) is 105 Å². The standard InChI is InChI=1S/C22H20ClF4N7O3/c1-32-3-5-33(6-4-32)18-8-14(24)17(34-11-16(30-31-34)21(36)37-2)9-15(18)29-20(35)12-10-28-19(23)7-13(12)22(25,26)27/h7-11H,3-6H2,1-2H3,(H,29,35). The zero-order valence-electron chi connectivity index (χ0n) is 19.5. The summed E-state index contributed by atoms with van der Waals surface area (Å²) >= 11 is 5.62. The van der Waals surface area contributed by atoms with E-state index in [1.807, 2.05) is 7.05 Å². The summed E-state index contributed by atoms with van der Waals surface area (Å²) < 4.78 is 61.5. The Morgan fingerprint density at radius 3 is 2.46 bits per heavy atom. The second-order valence-corrected chi connectivity index (χ2v) is 8.54. The summed E-state index contributed by atoms with van der Waals surface area (Å²) in [6, 6.07) is 2.89. The Morgan fingerprint density at radius 2 is 1.81 bits per heavy atom. The summed E-state index contributed by atoms with van der Waals surface area (Å²) in [5, 5.41) is 9.37. The zero-order valence-corrected chi connectivity index (χ0v) is 20.3. The SMILES string of the molecule is COC(=O)c1cn(-c2cc(NC(=O)c3cnc(Cl)cc3C(F)(F)F)c(N3CCN(C)CC3)cc2F)nn1. The maximum atomic E-state index is 15.2. The van der Waals surface area contributed by atoms with E-state index in [4.69, 9.17) is 11.6 Å². The molecule has 0 unspecified atom stereocenters. The number of nitrogens with zero attached hydrogens (tertiary/aromatic N) is 6. The number of esters is 1. The Balaban J connectivity index is 1.77. The highest BCUT2D eigenvalue weighted by atomic mass is 35.5. The number of carbonyl (C=O) groups excluding carboxylic acids is 2. The number of methoxy groups -OCH3 is 1. The average Bonchev–Trinajstić information content (AvgIpc) is 3.34. The number of alkyl halides is 3. The fourth-order valence-electron chi connectivity index (χ4n) is 3.75. The highest BCUT2D eigenvalue weighted by Crippen LogP contribution is 2.35. The molecular formula is C22H20ClF4N7O3. The van der Waals surface area contributed by atoms with Crippen molar-refractivity contribution in [1.29, 1.82) is 0 Å². The fourth-order valence-corrected chi connectivity index (χ4v) is 3.91. The van der Waals surface area contributed by atoms with Gasteiger partial charge in [0.25, 0.3) is 5.91 Å². The van der Waals surface area contributed by atoms with Gasteiger partial charge >= 0.3 is 12.1 Å². The van der Waals surface area contributed by atoms with Gasteiger partial charge in [-0.15, -0.1) is 5.10 Å². The zero-order chi connectivity index (χ0) is 26.9. The summed E-state index contributed by atoms with van der Waals surface area (Å²) in [5.74, 6) is -2.69. The van der Waals surface area contributed by atoms with E-state index in [-0.39, 0.29) is 22.8 Å². The Morgan fingerprint density at radius 1 is 1.11 bits per heavy atom. The summed E-state index contributed by atoms with van der Waals surface area (Å²) in [4.78, 5) is 32.2. The van der Waals surface area contributed by atoms with Gasteiger partial charge in [0.15, 0.2) is 11.5 Å². The molecule has 3 aromatic rings. The molecule has 3 heterocycles. The van der Waals surface area contributed by atoms with E-state index in [1.165, 1.54) is 6.07 Å². The van der Waals surface area contributed by atoms with Gasteiger partial charge < -0.3 is 19.9 Å². The normalized spacial score (nSPS) is 14.5. The maximum Gasteiger partial charge on any atom is 0.417 e. The van der Waals surface area contributed by atoms with E-state index in [2.05, 4.69) is 30.2 Å². The van der Waals surface area contributed by atoms with Crippen molar-refractivity contribution < 1.29 is 31.9 Å². The highest BCUT2D eigenvalue weighted by molar-refractivity contribution is 6.29. The van der Waals surface area contributed by atoms with Gasteiger partial charge in [-0.3, -0.25) is 4.79 Å². The first kappa shape index (κ1) is 26.3. The van der Waals surface area contributed by atoms with Gasteiger partial charge in [0.1, 0.15) is 10.8 Å². The minimum Gasteiger partial charge on any atom is -0.464 e. The highest BCUT2D eigenvalue weighted by Gasteiger charge is 2.36. The van der Waals surface area contributed by atoms with E-state index >= 15 is 4.39 Å². The van der Waals surface area contributed by atoms with Crippen LogP contribution in [0.5, 0.6) is 0 Å². The van der Waals surface area contributed by atoms with Crippen molar-refractivity contribution in [2.24, 2.45) is 0 Å². The molecule has 0 saturated carbocycles. The first-order valence-electron chi connectivity index (χ1n) is 10.8. The minimum absolute atomic E-state index is 0.0177. The molecule has 0 bridgehead atoms. The van der Waals surface area contributed by atoms with Crippen LogP contribution in [-0.4, -0.2) is 77.1 Å². The number of carbonyl (C=O) groups is 2. The molecular weight excluding hydrogens is 522 g/mol. The van der Waals surface area contributed by atoms with Crippen molar-refractivity contribution >= 4 is 34.9 Å². The number of hydrogen-bond donors (Lipinski definition) is 1. The van der Waals surface area contributed by atoms with Crippen LogP contribution in [-0.2, 0) is 10.9 Å². The molecule has 1 aliphatic rings. The summed E-state index contributed by atoms with van der Waals surface area (Å²) in [6.07, 6.45) is -3.03. The second-order valence-electron chi connectivity index (χ2n) is 8.16. The van der Waals surface area contributed by atoms with Gasteiger partial charge in [0.05, 0.1) is 35.8 Å². The van der Waals surface area contributed by atoms with Crippen molar-refractivity contribution in [3.63, 3.8) is 0 Å². The van der Waals surface area contributed by atoms with Crippen LogP contribution in [0.2, 0.25) is 5.15 Å². The monoisotopic (exact) mass is 541 g/mol. The quantitative estimate of drug-likeness (QED) is 0.298. The number of hydrogen-bond acceptors (Lipinski definition) is 8. The van der Waals surface area contributed by atoms with Gasteiger partial charge in [0, 0.05) is 38.4 Å². The molecule has 15 heteroatoms. The summed E-state index contributed by atoms with van der Waals surface area (Å²) in [6.45, 7) is 2.23. The Kier molecular flexibility index (Phi) is 7.32. The van der Waals surface area contributed by atoms with Gasteiger partial charge in [-0.1, -0.05) is 16.8 Å². The average molecular weight is 542 g/mol. The third-order valence-electron chi connectivity index (χ3n) is 5.71. The molecule has 0 aliphatic carbocycles. The van der Waals surface area contributed by atoms with Gasteiger partial charge in [0.2, 0.25) is 0 Å². The van der Waals surface area contributed by atoms with Crippen LogP contribution >= 0.6 is 11.6 Å². The van der Waals surface area contributed by atoms with Crippen LogP contribution in [0, 0.1) is 5.82 Å². The number of rotatable bonds is 5. The fraction of sp³-hybridized carbons (Fsp3) is 0.318. The number of anilines is 2. The van der Waals surface area contributed by atoms with Gasteiger partial charge in [-0.25, -0.2) is 18.9 Å². The van der Waals surface area contributed by atoms with Crippen LogP contribution in [0.3, 0.4) is 0 Å². The molecule has 4 rings (SSSR count). The molecule has 1 aliphatic heterocycles. The predicted octanol–water partition coefficient (Wildman–Crippen LogP) is 3.26. The van der Waals surface area contributed by atoms with Crippen molar-refractivity contribution in [2.45, 2.75) is 6.18 Å². The first-order valence-corrected chi connectivity index (χ1v) is 11.2. The Bertz CT molecular complexity index is 1340. The lowest BCUT2D eigenvalue weighted by Gasteiger charge is -2.35. The number of benzene rings is 1. The molecule has 0 radical (unpaired) electrons. The number of nitrogens with one attached hydrogen (secondary N) is 1. The Labute approximate surface area is 212 Å². The summed E-state index contributed by atoms with van der Waals surface area (Å²) in [5.41, 5.74) is -2.16. The second kappa shape index (κ2) is 10.3. The molecule has 1 fully saturated rings. The van der Waals surface area contributed by atoms with Crippen molar-refractivity contribution in [3.05, 3.63) is 58.4 Å². The number of likely N-dealkylation sites (N-methyl/N-ethyl adjacent to an activating group) is 1. The minimum atomic E-state index is -4.88. The number of aromatic nitrogens is 4. The Hall–Kier alpha value is -3.78. The van der Waals surface area contributed by atoms with Crippen molar-refractivity contribution in [1.82, 2.24) is 24.9 Å². The van der Waals surface area contributed by atoms with Gasteiger partial charge in [-0.05, 0) is 19.2 Å². The molecule has 196 valence electrons. The number of ether oxygens (including phenoxy) is 1. The predicted molar refractivity (Wildman–Crippen MR) is 125 cm³/mol. The molecule has 37 heavy (non-hydrogen) atoms. The first-order chi connectivity index (χ1) is 17.5. The molecule has 2 aromatic heterocycles. The molecule has 1 amide bonds. The molecule has 10 nitrogen and oxygen atoms in total. The smallest absolute Gasteiger partial charge is 0.417 e. The number of pyridine rings is 1. The van der Waals surface area contributed by atoms with E-state index in [9.17, 15) is 22.8 Å². The van der Waals surface area contributed by atoms with E-state index in [0.717, 1.165) is 30.3 Å². The molecule has 1 saturated heterocycles. The van der Waals surface area contributed by atoms with E-state index in [1.54, 1.807) is 4.90 Å². The van der Waals surface area contributed by atoms with Crippen LogP contribution in [0.25, 0.3) is 5.69 Å². The number of halogens is 5. The van der Waals surface area contributed by atoms with Crippen LogP contribution < -0.4 is 10.2 Å². The van der Waals surface area contributed by atoms with Crippen molar-refractivity contribution in [3.8, 4) is 5.69 Å². The molecule has 0 atom stereocenters. The van der Waals surface area contributed by atoms with Crippen LogP contribution in [0.1, 0.15) is 26.4 Å². The van der Waals surface area contributed by atoms with Gasteiger partial charge in [-0.2, -0.15) is 13.2 Å². The maximum absolute atomic E-state index is 15.2. The summed E-state index contributed by atoms with van der Waals surface area (Å²) in [7, 11) is 3.06. The lowest BCUT2D eigenvalue weighted by molar-refractivity contribution is -0.138. The van der Waals surface area contributed by atoms with E-state index < -0.39 is 40.2 Å². The lowest BCUT2D eigenvalue weighted by atomic mass is 10.1.